The summed E-state index contributed by atoms with van der Waals surface area (Å²) in [6.45, 7) is 0.828. The summed E-state index contributed by atoms with van der Waals surface area (Å²) in [6, 6.07) is 8.43. The molecule has 4 heteroatoms. The van der Waals surface area contributed by atoms with Crippen LogP contribution in [0.2, 0.25) is 0 Å². The molecular weight excluding hydrogens is 301 g/mol. The van der Waals surface area contributed by atoms with Crippen LogP contribution in [0.15, 0.2) is 43.0 Å². The number of halogens is 3. The van der Waals surface area contributed by atoms with Gasteiger partial charge in [0.05, 0.1) is 0 Å². The van der Waals surface area contributed by atoms with Crippen LogP contribution in [0.5, 0.6) is 5.75 Å². The summed E-state index contributed by atoms with van der Waals surface area (Å²) >= 11 is 0. The van der Waals surface area contributed by atoms with Crippen LogP contribution in [0.3, 0.4) is 0 Å². The van der Waals surface area contributed by atoms with Gasteiger partial charge in [0, 0.05) is 5.39 Å². The monoisotopic (exact) mass is 320 g/mol. The van der Waals surface area contributed by atoms with Crippen molar-refractivity contribution in [2.24, 2.45) is 5.92 Å². The summed E-state index contributed by atoms with van der Waals surface area (Å²) in [5.74, 6) is -0.0784. The Balaban J connectivity index is 1.87. The van der Waals surface area contributed by atoms with Gasteiger partial charge >= 0.3 is 6.61 Å². The summed E-state index contributed by atoms with van der Waals surface area (Å²) in [6.07, 6.45) is 6.47. The van der Waals surface area contributed by atoms with Gasteiger partial charge in [-0.3, -0.25) is 0 Å². The second-order valence-electron chi connectivity index (χ2n) is 6.08. The number of allylic oxidation sites excluding steroid dienone is 1. The number of fused-ring (bicyclic) bond motifs is 1. The fraction of sp³-hybridized carbons (Fsp3) is 0.368. The van der Waals surface area contributed by atoms with Gasteiger partial charge in [-0.25, -0.2) is 4.39 Å². The highest BCUT2D eigenvalue weighted by Gasteiger charge is 2.21. The lowest BCUT2D eigenvalue weighted by molar-refractivity contribution is -0.0520. The zero-order valence-corrected chi connectivity index (χ0v) is 12.8. The molecule has 2 aromatic carbocycles. The molecule has 0 radical (unpaired) electrons. The van der Waals surface area contributed by atoms with Crippen LogP contribution in [0, 0.1) is 11.7 Å². The maximum Gasteiger partial charge on any atom is 0.387 e. The average Bonchev–Trinajstić information content (AvgIpc) is 2.57. The SMILES string of the molecule is C=CC1CCC(c2ccc3c(F)c(OC(F)F)ccc3c2)CC1. The van der Waals surface area contributed by atoms with Crippen molar-refractivity contribution in [1.29, 1.82) is 0 Å². The van der Waals surface area contributed by atoms with Gasteiger partial charge in [-0.15, -0.1) is 6.58 Å². The molecule has 3 rings (SSSR count). The lowest BCUT2D eigenvalue weighted by Gasteiger charge is -2.27. The van der Waals surface area contributed by atoms with E-state index in [1.165, 1.54) is 11.6 Å². The number of benzene rings is 2. The summed E-state index contributed by atoms with van der Waals surface area (Å²) in [4.78, 5) is 0. The molecule has 0 N–H and O–H groups in total. The highest BCUT2D eigenvalue weighted by Crippen LogP contribution is 2.38. The standard InChI is InChI=1S/C19H19F3O/c1-2-12-3-5-13(6-4-12)14-7-9-16-15(11-14)8-10-17(18(16)20)23-19(21)22/h2,7-13,19H,1,3-6H2. The first-order valence-corrected chi connectivity index (χ1v) is 7.88. The maximum atomic E-state index is 14.2. The highest BCUT2D eigenvalue weighted by molar-refractivity contribution is 5.85. The predicted molar refractivity (Wildman–Crippen MR) is 85.4 cm³/mol. The predicted octanol–water partition coefficient (Wildman–Crippen LogP) is 6.04. The van der Waals surface area contributed by atoms with E-state index in [1.54, 1.807) is 12.1 Å². The van der Waals surface area contributed by atoms with Gasteiger partial charge < -0.3 is 4.74 Å². The average molecular weight is 320 g/mol. The van der Waals surface area contributed by atoms with Crippen LogP contribution in [0.1, 0.15) is 37.2 Å². The molecule has 1 saturated carbocycles. The Morgan fingerprint density at radius 1 is 1.09 bits per heavy atom. The molecule has 122 valence electrons. The zero-order valence-electron chi connectivity index (χ0n) is 12.8. The Morgan fingerprint density at radius 2 is 1.83 bits per heavy atom. The van der Waals surface area contributed by atoms with E-state index in [0.29, 0.717) is 22.6 Å². The Morgan fingerprint density at radius 3 is 2.48 bits per heavy atom. The third kappa shape index (κ3) is 3.36. The Hall–Kier alpha value is -1.97. The van der Waals surface area contributed by atoms with Gasteiger partial charge in [0.25, 0.3) is 0 Å². The zero-order chi connectivity index (χ0) is 16.4. The molecule has 0 saturated heterocycles. The molecule has 1 nitrogen and oxygen atoms in total. The number of hydrogen-bond acceptors (Lipinski definition) is 1. The molecule has 1 aliphatic carbocycles. The largest absolute Gasteiger partial charge is 0.432 e. The van der Waals surface area contributed by atoms with E-state index in [0.717, 1.165) is 25.7 Å². The lowest BCUT2D eigenvalue weighted by Crippen LogP contribution is -2.11. The van der Waals surface area contributed by atoms with Crippen LogP contribution >= 0.6 is 0 Å². The van der Waals surface area contributed by atoms with Crippen molar-refractivity contribution in [3.63, 3.8) is 0 Å². The van der Waals surface area contributed by atoms with Gasteiger partial charge in [0.2, 0.25) is 0 Å². The minimum absolute atomic E-state index is 0.312. The molecule has 0 spiro atoms. The molecule has 23 heavy (non-hydrogen) atoms. The number of alkyl halides is 2. The van der Waals surface area contributed by atoms with Crippen LogP contribution in [-0.4, -0.2) is 6.61 Å². The minimum atomic E-state index is -3.03. The summed E-state index contributed by atoms with van der Waals surface area (Å²) in [5.41, 5.74) is 1.18. The normalized spacial score (nSPS) is 21.6. The molecular formula is C19H19F3O. The molecule has 0 amide bonds. The van der Waals surface area contributed by atoms with E-state index in [2.05, 4.69) is 11.3 Å². The van der Waals surface area contributed by atoms with E-state index < -0.39 is 18.2 Å². The van der Waals surface area contributed by atoms with Gasteiger partial charge in [-0.05, 0) is 54.5 Å². The maximum absolute atomic E-state index is 14.2. The lowest BCUT2D eigenvalue weighted by atomic mass is 9.78. The second-order valence-corrected chi connectivity index (χ2v) is 6.08. The molecule has 0 unspecified atom stereocenters. The van der Waals surface area contributed by atoms with Crippen molar-refractivity contribution in [2.45, 2.75) is 38.2 Å². The summed E-state index contributed by atoms with van der Waals surface area (Å²) < 4.78 is 43.0. The number of hydrogen-bond donors (Lipinski definition) is 0. The van der Waals surface area contributed by atoms with Crippen molar-refractivity contribution < 1.29 is 17.9 Å². The van der Waals surface area contributed by atoms with Crippen LogP contribution in [-0.2, 0) is 0 Å². The Bertz CT molecular complexity index is 703. The molecule has 0 aliphatic heterocycles. The first kappa shape index (κ1) is 15.9. The molecule has 1 fully saturated rings. The van der Waals surface area contributed by atoms with Gasteiger partial charge in [-0.2, -0.15) is 8.78 Å². The fourth-order valence-electron chi connectivity index (χ4n) is 3.42. The first-order valence-electron chi connectivity index (χ1n) is 7.88. The van der Waals surface area contributed by atoms with E-state index in [-0.39, 0.29) is 0 Å². The summed E-state index contributed by atoms with van der Waals surface area (Å²) in [5, 5.41) is 1.03. The van der Waals surface area contributed by atoms with Crippen molar-refractivity contribution >= 4 is 10.8 Å². The van der Waals surface area contributed by atoms with E-state index in [4.69, 9.17) is 0 Å². The van der Waals surface area contributed by atoms with Crippen molar-refractivity contribution in [3.8, 4) is 5.75 Å². The minimum Gasteiger partial charge on any atom is -0.432 e. The van der Waals surface area contributed by atoms with Crippen molar-refractivity contribution in [2.75, 3.05) is 0 Å². The molecule has 0 atom stereocenters. The second kappa shape index (κ2) is 6.65. The third-order valence-electron chi connectivity index (χ3n) is 4.74. The van der Waals surface area contributed by atoms with Crippen LogP contribution in [0.25, 0.3) is 10.8 Å². The van der Waals surface area contributed by atoms with E-state index in [1.807, 2.05) is 18.2 Å². The van der Waals surface area contributed by atoms with Crippen LogP contribution in [0.4, 0.5) is 13.2 Å². The quantitative estimate of drug-likeness (QED) is 0.624. The first-order chi connectivity index (χ1) is 11.1. The molecule has 0 aromatic heterocycles. The topological polar surface area (TPSA) is 9.23 Å². The Kier molecular flexibility index (Phi) is 4.60. The van der Waals surface area contributed by atoms with Gasteiger partial charge in [0.15, 0.2) is 11.6 Å². The smallest absolute Gasteiger partial charge is 0.387 e. The van der Waals surface area contributed by atoms with E-state index >= 15 is 0 Å². The van der Waals surface area contributed by atoms with Crippen molar-refractivity contribution in [1.82, 2.24) is 0 Å². The molecule has 1 aliphatic rings. The fourth-order valence-corrected chi connectivity index (χ4v) is 3.42. The van der Waals surface area contributed by atoms with Gasteiger partial charge in [0.1, 0.15) is 0 Å². The Labute approximate surface area is 133 Å². The van der Waals surface area contributed by atoms with Crippen LogP contribution < -0.4 is 4.74 Å². The number of ether oxygens (including phenoxy) is 1. The van der Waals surface area contributed by atoms with Crippen molar-refractivity contribution in [3.05, 3.63) is 54.4 Å². The number of rotatable bonds is 4. The highest BCUT2D eigenvalue weighted by atomic mass is 19.3. The summed E-state index contributed by atoms with van der Waals surface area (Å²) in [7, 11) is 0. The molecule has 0 bridgehead atoms. The molecule has 0 heterocycles. The van der Waals surface area contributed by atoms with E-state index in [9.17, 15) is 13.2 Å². The van der Waals surface area contributed by atoms with Gasteiger partial charge in [-0.1, -0.05) is 30.3 Å². The molecule has 2 aromatic rings. The third-order valence-corrected chi connectivity index (χ3v) is 4.74.